The number of piperazine rings is 1. The lowest BCUT2D eigenvalue weighted by Gasteiger charge is -2.34. The van der Waals surface area contributed by atoms with Gasteiger partial charge in [0.2, 0.25) is 0 Å². The molecule has 0 N–H and O–H groups in total. The van der Waals surface area contributed by atoms with E-state index in [2.05, 4.69) is 4.90 Å². The van der Waals surface area contributed by atoms with Crippen molar-refractivity contribution >= 4 is 23.1 Å². The Morgan fingerprint density at radius 2 is 1.59 bits per heavy atom. The Hall–Kier alpha value is -2.99. The minimum absolute atomic E-state index is 0.00566. The van der Waals surface area contributed by atoms with Gasteiger partial charge in [0.05, 0.1) is 11.3 Å². The van der Waals surface area contributed by atoms with Gasteiger partial charge in [-0.25, -0.2) is 9.29 Å². The molecular weight excluding hydrogens is 369 g/mol. The molecule has 150 valence electrons. The van der Waals surface area contributed by atoms with Gasteiger partial charge in [-0.3, -0.25) is 9.59 Å². The second-order valence-electron chi connectivity index (χ2n) is 7.73. The van der Waals surface area contributed by atoms with Crippen LogP contribution in [0.3, 0.4) is 0 Å². The van der Waals surface area contributed by atoms with Crippen LogP contribution in [-0.4, -0.2) is 54.8 Å². The van der Waals surface area contributed by atoms with E-state index in [9.17, 15) is 14.0 Å². The molecule has 0 saturated carbocycles. The van der Waals surface area contributed by atoms with E-state index in [0.717, 1.165) is 34.7 Å². The molecule has 1 saturated heterocycles. The Labute approximate surface area is 170 Å². The van der Waals surface area contributed by atoms with E-state index < -0.39 is 17.6 Å². The molecule has 0 aromatic heterocycles. The van der Waals surface area contributed by atoms with Gasteiger partial charge in [0.25, 0.3) is 11.8 Å². The van der Waals surface area contributed by atoms with E-state index in [1.54, 1.807) is 12.1 Å². The number of halogens is 1. The molecule has 2 aromatic rings. The summed E-state index contributed by atoms with van der Waals surface area (Å²) in [5.41, 5.74) is 3.45. The van der Waals surface area contributed by atoms with Gasteiger partial charge in [0.15, 0.2) is 0 Å². The Balaban J connectivity index is 1.86. The number of nitrogens with zero attached hydrogens (tertiary/aromatic N) is 3. The number of carbonyl (C=O) groups excluding carboxylic acids is 2. The number of anilines is 1. The van der Waals surface area contributed by atoms with Crippen molar-refractivity contribution in [3.8, 4) is 0 Å². The molecule has 0 radical (unpaired) electrons. The van der Waals surface area contributed by atoms with Crippen molar-refractivity contribution in [2.24, 2.45) is 0 Å². The molecular formula is C23H24FN3O2. The second-order valence-corrected chi connectivity index (χ2v) is 7.73. The minimum Gasteiger partial charge on any atom is -0.364 e. The van der Waals surface area contributed by atoms with E-state index in [4.69, 9.17) is 0 Å². The normalized spacial score (nSPS) is 18.2. The summed E-state index contributed by atoms with van der Waals surface area (Å²) in [6.45, 7) is 6.80. The third-order valence-corrected chi connectivity index (χ3v) is 5.62. The molecule has 1 fully saturated rings. The van der Waals surface area contributed by atoms with Crippen molar-refractivity contribution in [1.82, 2.24) is 9.80 Å². The number of rotatable bonds is 3. The van der Waals surface area contributed by atoms with Crippen LogP contribution >= 0.6 is 0 Å². The summed E-state index contributed by atoms with van der Waals surface area (Å²) in [5.74, 6) is -1.52. The smallest absolute Gasteiger partial charge is 0.282 e. The van der Waals surface area contributed by atoms with Gasteiger partial charge < -0.3 is 9.80 Å². The highest BCUT2D eigenvalue weighted by Crippen LogP contribution is 2.37. The number of hydrogen-bond donors (Lipinski definition) is 0. The van der Waals surface area contributed by atoms with Crippen molar-refractivity contribution in [2.45, 2.75) is 13.8 Å². The van der Waals surface area contributed by atoms with Gasteiger partial charge in [0.1, 0.15) is 11.5 Å². The first-order valence-electron chi connectivity index (χ1n) is 9.77. The van der Waals surface area contributed by atoms with E-state index in [-0.39, 0.29) is 5.69 Å². The summed E-state index contributed by atoms with van der Waals surface area (Å²) in [6, 6.07) is 11.7. The van der Waals surface area contributed by atoms with Gasteiger partial charge in [-0.15, -0.1) is 0 Å². The summed E-state index contributed by atoms with van der Waals surface area (Å²) < 4.78 is 14.5. The fourth-order valence-corrected chi connectivity index (χ4v) is 4.03. The zero-order valence-corrected chi connectivity index (χ0v) is 16.9. The number of hydrogen-bond acceptors (Lipinski definition) is 4. The van der Waals surface area contributed by atoms with E-state index in [1.165, 1.54) is 12.1 Å². The SMILES string of the molecule is Cc1ccc(C2=C(N3CCN(C)CC3)C(=O)N(c3ccccc3F)C2=O)c(C)c1. The zero-order chi connectivity index (χ0) is 20.7. The monoisotopic (exact) mass is 393 g/mol. The maximum Gasteiger partial charge on any atom is 0.282 e. The van der Waals surface area contributed by atoms with Gasteiger partial charge in [-0.1, -0.05) is 35.9 Å². The number of para-hydroxylation sites is 1. The van der Waals surface area contributed by atoms with E-state index in [1.807, 2.05) is 44.0 Å². The van der Waals surface area contributed by atoms with Gasteiger partial charge in [-0.2, -0.15) is 0 Å². The van der Waals surface area contributed by atoms with Crippen molar-refractivity contribution in [2.75, 3.05) is 38.1 Å². The number of imide groups is 1. The Morgan fingerprint density at radius 3 is 2.24 bits per heavy atom. The number of aryl methyl sites for hydroxylation is 2. The Kier molecular flexibility index (Phi) is 4.96. The van der Waals surface area contributed by atoms with Crippen LogP contribution in [0.4, 0.5) is 10.1 Å². The van der Waals surface area contributed by atoms with E-state index >= 15 is 0 Å². The molecule has 6 heteroatoms. The van der Waals surface area contributed by atoms with Crippen molar-refractivity contribution < 1.29 is 14.0 Å². The number of benzene rings is 2. The highest BCUT2D eigenvalue weighted by Gasteiger charge is 2.44. The summed E-state index contributed by atoms with van der Waals surface area (Å²) in [5, 5.41) is 0. The second kappa shape index (κ2) is 7.44. The van der Waals surface area contributed by atoms with Crippen LogP contribution in [-0.2, 0) is 9.59 Å². The van der Waals surface area contributed by atoms with Gasteiger partial charge in [-0.05, 0) is 44.2 Å². The lowest BCUT2D eigenvalue weighted by atomic mass is 9.97. The fraction of sp³-hybridized carbons (Fsp3) is 0.304. The molecule has 2 aliphatic heterocycles. The molecule has 0 bridgehead atoms. The van der Waals surface area contributed by atoms with Crippen LogP contribution in [0, 0.1) is 19.7 Å². The molecule has 5 nitrogen and oxygen atoms in total. The molecule has 0 aliphatic carbocycles. The largest absolute Gasteiger partial charge is 0.364 e. The fourth-order valence-electron chi connectivity index (χ4n) is 4.03. The zero-order valence-electron chi connectivity index (χ0n) is 16.9. The van der Waals surface area contributed by atoms with Crippen LogP contribution in [0.2, 0.25) is 0 Å². The third-order valence-electron chi connectivity index (χ3n) is 5.62. The highest BCUT2D eigenvalue weighted by molar-refractivity contribution is 6.45. The molecule has 0 unspecified atom stereocenters. The highest BCUT2D eigenvalue weighted by atomic mass is 19.1. The van der Waals surface area contributed by atoms with Crippen molar-refractivity contribution in [3.05, 3.63) is 70.7 Å². The maximum atomic E-state index is 14.5. The predicted molar refractivity (Wildman–Crippen MR) is 111 cm³/mol. The molecule has 2 heterocycles. The number of carbonyl (C=O) groups is 2. The lowest BCUT2D eigenvalue weighted by Crippen LogP contribution is -2.46. The first kappa shape index (κ1) is 19.3. The van der Waals surface area contributed by atoms with Gasteiger partial charge in [0, 0.05) is 26.2 Å². The van der Waals surface area contributed by atoms with Crippen LogP contribution < -0.4 is 4.90 Å². The van der Waals surface area contributed by atoms with Crippen LogP contribution in [0.1, 0.15) is 16.7 Å². The first-order valence-corrected chi connectivity index (χ1v) is 9.77. The van der Waals surface area contributed by atoms with E-state index in [0.29, 0.717) is 24.4 Å². The number of likely N-dealkylation sites (N-methyl/N-ethyl adjacent to an activating group) is 1. The molecule has 0 atom stereocenters. The summed E-state index contributed by atoms with van der Waals surface area (Å²) in [7, 11) is 2.03. The summed E-state index contributed by atoms with van der Waals surface area (Å²) >= 11 is 0. The van der Waals surface area contributed by atoms with Crippen LogP contribution in [0.25, 0.3) is 5.57 Å². The molecule has 2 amide bonds. The van der Waals surface area contributed by atoms with Crippen molar-refractivity contribution in [3.63, 3.8) is 0 Å². The quantitative estimate of drug-likeness (QED) is 0.752. The lowest BCUT2D eigenvalue weighted by molar-refractivity contribution is -0.120. The molecule has 2 aromatic carbocycles. The average Bonchev–Trinajstić information content (AvgIpc) is 2.94. The van der Waals surface area contributed by atoms with Crippen LogP contribution in [0.15, 0.2) is 48.2 Å². The predicted octanol–water partition coefficient (Wildman–Crippen LogP) is 2.97. The maximum absolute atomic E-state index is 14.5. The molecule has 0 spiro atoms. The Bertz CT molecular complexity index is 1020. The first-order chi connectivity index (χ1) is 13.9. The molecule has 29 heavy (non-hydrogen) atoms. The Morgan fingerprint density at radius 1 is 0.897 bits per heavy atom. The number of amides is 2. The topological polar surface area (TPSA) is 43.9 Å². The van der Waals surface area contributed by atoms with Gasteiger partial charge >= 0.3 is 0 Å². The summed E-state index contributed by atoms with van der Waals surface area (Å²) in [4.78, 5) is 32.0. The standard InChI is InChI=1S/C23H24FN3O2/c1-15-8-9-17(16(2)14-15)20-21(26-12-10-25(3)11-13-26)23(29)27(22(20)28)19-7-5-4-6-18(19)24/h4-9,14H,10-13H2,1-3H3. The van der Waals surface area contributed by atoms with Crippen LogP contribution in [0.5, 0.6) is 0 Å². The van der Waals surface area contributed by atoms with Crippen molar-refractivity contribution in [1.29, 1.82) is 0 Å². The minimum atomic E-state index is -0.589. The molecule has 2 aliphatic rings. The third kappa shape index (κ3) is 3.34. The average molecular weight is 393 g/mol. The molecule has 4 rings (SSSR count). The summed E-state index contributed by atoms with van der Waals surface area (Å²) in [6.07, 6.45) is 0.